The molecule has 0 bridgehead atoms. The highest BCUT2D eigenvalue weighted by atomic mass is 16.5. The molecule has 2 saturated carbocycles. The van der Waals surface area contributed by atoms with E-state index < -0.39 is 0 Å². The molecule has 0 aromatic rings. The first kappa shape index (κ1) is 16.8. The number of carbonyl (C=O) groups is 1. The Morgan fingerprint density at radius 2 is 1.90 bits per heavy atom. The molecule has 2 aliphatic rings. The molecule has 0 spiro atoms. The van der Waals surface area contributed by atoms with E-state index >= 15 is 0 Å². The summed E-state index contributed by atoms with van der Waals surface area (Å²) >= 11 is 0. The fourth-order valence-electron chi connectivity index (χ4n) is 3.67. The number of nitrogens with zero attached hydrogens (tertiary/aromatic N) is 1. The Balaban J connectivity index is 1.89. The second kappa shape index (κ2) is 7.62. The number of rotatable bonds is 7. The van der Waals surface area contributed by atoms with Gasteiger partial charge in [-0.25, -0.2) is 0 Å². The van der Waals surface area contributed by atoms with Crippen LogP contribution in [0.5, 0.6) is 0 Å². The number of esters is 1. The Kier molecular flexibility index (Phi) is 6.09. The molecule has 0 aromatic carbocycles. The second-order valence-corrected chi connectivity index (χ2v) is 7.39. The minimum absolute atomic E-state index is 0.0390. The van der Waals surface area contributed by atoms with Gasteiger partial charge in [0.15, 0.2) is 0 Å². The van der Waals surface area contributed by atoms with Crippen LogP contribution in [0.3, 0.4) is 0 Å². The molecule has 0 unspecified atom stereocenters. The van der Waals surface area contributed by atoms with E-state index in [4.69, 9.17) is 4.74 Å². The highest BCUT2D eigenvalue weighted by molar-refractivity contribution is 5.72. The van der Waals surface area contributed by atoms with Crippen molar-refractivity contribution in [3.8, 4) is 0 Å². The lowest BCUT2D eigenvalue weighted by Crippen LogP contribution is -2.42. The van der Waals surface area contributed by atoms with Gasteiger partial charge >= 0.3 is 5.97 Å². The van der Waals surface area contributed by atoms with Gasteiger partial charge < -0.3 is 4.74 Å². The summed E-state index contributed by atoms with van der Waals surface area (Å²) in [6.45, 7) is 10.6. The van der Waals surface area contributed by atoms with Crippen LogP contribution in [-0.4, -0.2) is 36.1 Å². The molecule has 3 atom stereocenters. The molecule has 3 nitrogen and oxygen atoms in total. The van der Waals surface area contributed by atoms with E-state index in [-0.39, 0.29) is 11.9 Å². The standard InChI is InChI=1S/C18H33NO2/c1-5-21-18(20)16-8-6-7-15(11-16)12-19(17-9-10-17)14(4)13(2)3/h13-17H,5-12H2,1-4H3/t14-,15+,16-/m1/s1. The van der Waals surface area contributed by atoms with Gasteiger partial charge in [-0.1, -0.05) is 20.3 Å². The maximum absolute atomic E-state index is 12.0. The summed E-state index contributed by atoms with van der Waals surface area (Å²) in [5, 5.41) is 0. The summed E-state index contributed by atoms with van der Waals surface area (Å²) in [5.74, 6) is 1.57. The zero-order valence-corrected chi connectivity index (χ0v) is 14.3. The van der Waals surface area contributed by atoms with Crippen molar-refractivity contribution >= 4 is 5.97 Å². The zero-order valence-electron chi connectivity index (χ0n) is 14.3. The van der Waals surface area contributed by atoms with E-state index in [2.05, 4.69) is 25.7 Å². The normalized spacial score (nSPS) is 27.9. The molecule has 0 aromatic heterocycles. The van der Waals surface area contributed by atoms with Gasteiger partial charge in [0.2, 0.25) is 0 Å². The van der Waals surface area contributed by atoms with Crippen molar-refractivity contribution in [1.29, 1.82) is 0 Å². The predicted molar refractivity (Wildman–Crippen MR) is 86.1 cm³/mol. The first-order valence-corrected chi connectivity index (χ1v) is 8.95. The van der Waals surface area contributed by atoms with Crippen molar-refractivity contribution in [1.82, 2.24) is 4.90 Å². The average Bonchev–Trinajstić information content (AvgIpc) is 3.29. The van der Waals surface area contributed by atoms with Crippen LogP contribution < -0.4 is 0 Å². The van der Waals surface area contributed by atoms with Gasteiger partial charge in [0.1, 0.15) is 0 Å². The Morgan fingerprint density at radius 3 is 2.48 bits per heavy atom. The van der Waals surface area contributed by atoms with E-state index in [0.717, 1.165) is 18.9 Å². The number of ether oxygens (including phenoxy) is 1. The maximum atomic E-state index is 12.0. The van der Waals surface area contributed by atoms with Crippen molar-refractivity contribution in [3.63, 3.8) is 0 Å². The summed E-state index contributed by atoms with van der Waals surface area (Å²) in [6, 6.07) is 1.46. The highest BCUT2D eigenvalue weighted by Gasteiger charge is 2.36. The quantitative estimate of drug-likeness (QED) is 0.668. The van der Waals surface area contributed by atoms with E-state index in [1.54, 1.807) is 0 Å². The summed E-state index contributed by atoms with van der Waals surface area (Å²) in [4.78, 5) is 14.7. The van der Waals surface area contributed by atoms with Crippen LogP contribution in [0.1, 0.15) is 66.2 Å². The monoisotopic (exact) mass is 295 g/mol. The molecular formula is C18H33NO2. The summed E-state index contributed by atoms with van der Waals surface area (Å²) in [6.07, 6.45) is 7.26. The van der Waals surface area contributed by atoms with Crippen LogP contribution >= 0.6 is 0 Å². The molecule has 2 rings (SSSR count). The van der Waals surface area contributed by atoms with Gasteiger partial charge in [-0.15, -0.1) is 0 Å². The first-order chi connectivity index (χ1) is 10.0. The van der Waals surface area contributed by atoms with E-state index in [0.29, 0.717) is 24.5 Å². The van der Waals surface area contributed by atoms with Crippen LogP contribution in [0.2, 0.25) is 0 Å². The molecule has 2 aliphatic carbocycles. The maximum Gasteiger partial charge on any atom is 0.308 e. The number of hydrogen-bond acceptors (Lipinski definition) is 3. The van der Waals surface area contributed by atoms with Crippen molar-refractivity contribution in [2.75, 3.05) is 13.2 Å². The molecule has 0 heterocycles. The van der Waals surface area contributed by atoms with Crippen LogP contribution in [0, 0.1) is 17.8 Å². The Labute approximate surface area is 130 Å². The molecule has 3 heteroatoms. The van der Waals surface area contributed by atoms with E-state index in [1.807, 2.05) is 6.92 Å². The Morgan fingerprint density at radius 1 is 1.19 bits per heavy atom. The topological polar surface area (TPSA) is 29.5 Å². The Bertz CT molecular complexity index is 338. The third kappa shape index (κ3) is 4.70. The smallest absolute Gasteiger partial charge is 0.308 e. The van der Waals surface area contributed by atoms with Crippen molar-refractivity contribution in [3.05, 3.63) is 0 Å². The van der Waals surface area contributed by atoms with Crippen LogP contribution in [0.25, 0.3) is 0 Å². The minimum atomic E-state index is 0.0390. The van der Waals surface area contributed by atoms with Gasteiger partial charge in [0.25, 0.3) is 0 Å². The molecule has 0 radical (unpaired) electrons. The number of hydrogen-bond donors (Lipinski definition) is 0. The van der Waals surface area contributed by atoms with Gasteiger partial charge in [-0.05, 0) is 57.8 Å². The minimum Gasteiger partial charge on any atom is -0.466 e. The Hall–Kier alpha value is -0.570. The highest BCUT2D eigenvalue weighted by Crippen LogP contribution is 2.36. The lowest BCUT2D eigenvalue weighted by molar-refractivity contribution is -0.149. The molecule has 0 saturated heterocycles. The SMILES string of the molecule is CCOC(=O)[C@@H]1CCC[C@H](CN(C2CC2)[C@H](C)C(C)C)C1. The van der Waals surface area contributed by atoms with Gasteiger partial charge in [-0.3, -0.25) is 9.69 Å². The summed E-state index contributed by atoms with van der Waals surface area (Å²) < 4.78 is 5.23. The second-order valence-electron chi connectivity index (χ2n) is 7.39. The molecule has 21 heavy (non-hydrogen) atoms. The molecular weight excluding hydrogens is 262 g/mol. The fraction of sp³-hybridized carbons (Fsp3) is 0.944. The lowest BCUT2D eigenvalue weighted by atomic mass is 9.81. The molecule has 0 amide bonds. The third-order valence-electron chi connectivity index (χ3n) is 5.38. The summed E-state index contributed by atoms with van der Waals surface area (Å²) in [7, 11) is 0. The van der Waals surface area contributed by atoms with Gasteiger partial charge in [-0.2, -0.15) is 0 Å². The molecule has 2 fully saturated rings. The summed E-state index contributed by atoms with van der Waals surface area (Å²) in [5.41, 5.74) is 0. The van der Waals surface area contributed by atoms with Crippen LogP contribution in [0.15, 0.2) is 0 Å². The van der Waals surface area contributed by atoms with Crippen molar-refractivity contribution in [2.24, 2.45) is 17.8 Å². The van der Waals surface area contributed by atoms with Crippen LogP contribution in [-0.2, 0) is 9.53 Å². The molecule has 0 N–H and O–H groups in total. The number of carbonyl (C=O) groups excluding carboxylic acids is 1. The third-order valence-corrected chi connectivity index (χ3v) is 5.38. The first-order valence-electron chi connectivity index (χ1n) is 8.95. The van der Waals surface area contributed by atoms with Crippen molar-refractivity contribution < 1.29 is 9.53 Å². The fourth-order valence-corrected chi connectivity index (χ4v) is 3.67. The van der Waals surface area contributed by atoms with Gasteiger partial charge in [0, 0.05) is 18.6 Å². The zero-order chi connectivity index (χ0) is 15.4. The average molecular weight is 295 g/mol. The molecule has 122 valence electrons. The van der Waals surface area contributed by atoms with Gasteiger partial charge in [0.05, 0.1) is 12.5 Å². The van der Waals surface area contributed by atoms with Crippen molar-refractivity contribution in [2.45, 2.75) is 78.3 Å². The van der Waals surface area contributed by atoms with E-state index in [1.165, 1.54) is 32.2 Å². The van der Waals surface area contributed by atoms with Crippen LogP contribution in [0.4, 0.5) is 0 Å². The lowest BCUT2D eigenvalue weighted by Gasteiger charge is -2.37. The van der Waals surface area contributed by atoms with E-state index in [9.17, 15) is 4.79 Å². The largest absolute Gasteiger partial charge is 0.466 e. The predicted octanol–water partition coefficient (Wildman–Crippen LogP) is 3.86. The molecule has 0 aliphatic heterocycles.